The molecule has 0 bridgehead atoms. The molecular weight excluding hydrogens is 247 g/mol. The monoisotopic (exact) mass is 262 g/mol. The van der Waals surface area contributed by atoms with Crippen molar-refractivity contribution in [3.05, 3.63) is 30.1 Å². The molecule has 17 heavy (non-hydrogen) atoms. The van der Waals surface area contributed by atoms with Gasteiger partial charge in [-0.2, -0.15) is 0 Å². The van der Waals surface area contributed by atoms with Gasteiger partial charge in [0.15, 0.2) is 18.2 Å². The molecule has 0 aliphatic heterocycles. The molecule has 3 N–H and O–H groups in total. The molecule has 1 aromatic rings. The van der Waals surface area contributed by atoms with Crippen LogP contribution in [0.1, 0.15) is 6.92 Å². The van der Waals surface area contributed by atoms with Gasteiger partial charge in [-0.25, -0.2) is 4.39 Å². The van der Waals surface area contributed by atoms with Crippen LogP contribution in [-0.2, 0) is 4.79 Å². The maximum Gasteiger partial charge on any atom is 0.258 e. The second-order valence-corrected chi connectivity index (χ2v) is 3.42. The van der Waals surface area contributed by atoms with E-state index < -0.39 is 5.82 Å². The Morgan fingerprint density at radius 3 is 2.76 bits per heavy atom. The fourth-order valence-electron chi connectivity index (χ4n) is 1.08. The third-order valence-electron chi connectivity index (χ3n) is 1.96. The molecule has 0 heterocycles. The van der Waals surface area contributed by atoms with Crippen LogP contribution in [0.5, 0.6) is 5.75 Å². The molecular formula is C11H16ClFN2O2. The van der Waals surface area contributed by atoms with Crippen LogP contribution in [0.15, 0.2) is 24.3 Å². The number of hydrogen-bond donors (Lipinski definition) is 2. The molecule has 0 radical (unpaired) electrons. The molecule has 0 aliphatic rings. The molecule has 1 amide bonds. The fourth-order valence-corrected chi connectivity index (χ4v) is 1.08. The average Bonchev–Trinajstić information content (AvgIpc) is 2.28. The van der Waals surface area contributed by atoms with E-state index in [1.165, 1.54) is 12.1 Å². The molecule has 0 spiro atoms. The maximum atomic E-state index is 13.1. The van der Waals surface area contributed by atoms with E-state index >= 15 is 0 Å². The van der Waals surface area contributed by atoms with Crippen molar-refractivity contribution in [3.63, 3.8) is 0 Å². The summed E-state index contributed by atoms with van der Waals surface area (Å²) in [5.74, 6) is -0.735. The Morgan fingerprint density at radius 2 is 2.18 bits per heavy atom. The smallest absolute Gasteiger partial charge is 0.258 e. The van der Waals surface area contributed by atoms with E-state index in [1.807, 2.05) is 0 Å². The van der Waals surface area contributed by atoms with Gasteiger partial charge in [0.2, 0.25) is 0 Å². The highest BCUT2D eigenvalue weighted by molar-refractivity contribution is 5.85. The highest BCUT2D eigenvalue weighted by Gasteiger charge is 2.08. The van der Waals surface area contributed by atoms with Crippen LogP contribution in [0.2, 0.25) is 0 Å². The first-order chi connectivity index (χ1) is 7.63. The summed E-state index contributed by atoms with van der Waals surface area (Å²) in [6.07, 6.45) is 0. The van der Waals surface area contributed by atoms with Crippen molar-refractivity contribution in [1.82, 2.24) is 5.32 Å². The first-order valence-electron chi connectivity index (χ1n) is 5.00. The summed E-state index contributed by atoms with van der Waals surface area (Å²) in [7, 11) is 0. The summed E-state index contributed by atoms with van der Waals surface area (Å²) >= 11 is 0. The number of halogens is 2. The second-order valence-electron chi connectivity index (χ2n) is 3.42. The number of benzene rings is 1. The summed E-state index contributed by atoms with van der Waals surface area (Å²) in [5, 5.41) is 2.61. The predicted octanol–water partition coefficient (Wildman–Crippen LogP) is 1.09. The molecule has 96 valence electrons. The van der Waals surface area contributed by atoms with Crippen LogP contribution in [0.4, 0.5) is 4.39 Å². The number of carbonyl (C=O) groups is 1. The summed E-state index contributed by atoms with van der Waals surface area (Å²) in [6.45, 7) is 1.91. The van der Waals surface area contributed by atoms with E-state index in [-0.39, 0.29) is 36.7 Å². The first kappa shape index (κ1) is 15.7. The molecule has 4 nitrogen and oxygen atoms in total. The number of para-hydroxylation sites is 1. The van der Waals surface area contributed by atoms with E-state index in [9.17, 15) is 9.18 Å². The van der Waals surface area contributed by atoms with Gasteiger partial charge in [-0.05, 0) is 19.1 Å². The van der Waals surface area contributed by atoms with Gasteiger partial charge in [-0.3, -0.25) is 4.79 Å². The number of ether oxygens (including phenoxy) is 1. The van der Waals surface area contributed by atoms with Crippen LogP contribution >= 0.6 is 12.4 Å². The van der Waals surface area contributed by atoms with Crippen molar-refractivity contribution in [3.8, 4) is 5.75 Å². The zero-order valence-corrected chi connectivity index (χ0v) is 10.3. The predicted molar refractivity (Wildman–Crippen MR) is 65.8 cm³/mol. The third kappa shape index (κ3) is 5.51. The molecule has 1 rings (SSSR count). The maximum absolute atomic E-state index is 13.1. The van der Waals surface area contributed by atoms with Gasteiger partial charge < -0.3 is 15.8 Å². The quantitative estimate of drug-likeness (QED) is 0.835. The Labute approximate surface area is 106 Å². The summed E-state index contributed by atoms with van der Waals surface area (Å²) in [5.41, 5.74) is 5.34. The Hall–Kier alpha value is -1.33. The molecule has 0 aliphatic carbocycles. The molecule has 0 saturated heterocycles. The van der Waals surface area contributed by atoms with E-state index in [4.69, 9.17) is 10.5 Å². The van der Waals surface area contributed by atoms with Gasteiger partial charge in [0.25, 0.3) is 5.91 Å². The van der Waals surface area contributed by atoms with E-state index in [0.717, 1.165) is 0 Å². The second kappa shape index (κ2) is 7.86. The van der Waals surface area contributed by atoms with Crippen molar-refractivity contribution < 1.29 is 13.9 Å². The topological polar surface area (TPSA) is 64.3 Å². The normalized spacial score (nSPS) is 11.2. The summed E-state index contributed by atoms with van der Waals surface area (Å²) in [4.78, 5) is 11.3. The molecule has 0 fully saturated rings. The highest BCUT2D eigenvalue weighted by Crippen LogP contribution is 2.14. The van der Waals surface area contributed by atoms with Crippen LogP contribution in [0.25, 0.3) is 0 Å². The summed E-state index contributed by atoms with van der Waals surface area (Å²) < 4.78 is 18.1. The third-order valence-corrected chi connectivity index (χ3v) is 1.96. The Balaban J connectivity index is 0.00000256. The largest absolute Gasteiger partial charge is 0.481 e. The lowest BCUT2D eigenvalue weighted by Gasteiger charge is -2.12. The van der Waals surface area contributed by atoms with E-state index in [2.05, 4.69) is 5.32 Å². The number of hydrogen-bond acceptors (Lipinski definition) is 3. The van der Waals surface area contributed by atoms with Gasteiger partial charge in [0.1, 0.15) is 0 Å². The minimum Gasteiger partial charge on any atom is -0.481 e. The number of carbonyl (C=O) groups excluding carboxylic acids is 1. The van der Waals surface area contributed by atoms with Crippen molar-refractivity contribution in [1.29, 1.82) is 0 Å². The Bertz CT molecular complexity index is 363. The highest BCUT2D eigenvalue weighted by atomic mass is 35.5. The van der Waals surface area contributed by atoms with Crippen LogP contribution < -0.4 is 15.8 Å². The summed E-state index contributed by atoms with van der Waals surface area (Å²) in [6, 6.07) is 5.82. The molecule has 6 heteroatoms. The number of amides is 1. The minimum atomic E-state index is -0.484. The van der Waals surface area contributed by atoms with Crippen LogP contribution in [-0.4, -0.2) is 25.1 Å². The van der Waals surface area contributed by atoms with Crippen LogP contribution in [0.3, 0.4) is 0 Å². The zero-order valence-electron chi connectivity index (χ0n) is 9.48. The fraction of sp³-hybridized carbons (Fsp3) is 0.364. The van der Waals surface area contributed by atoms with Crippen molar-refractivity contribution in [2.75, 3.05) is 13.2 Å². The number of rotatable bonds is 5. The van der Waals surface area contributed by atoms with E-state index in [0.29, 0.717) is 6.54 Å². The minimum absolute atomic E-state index is 0. The first-order valence-corrected chi connectivity index (χ1v) is 5.00. The van der Waals surface area contributed by atoms with Crippen LogP contribution in [0, 0.1) is 5.82 Å². The van der Waals surface area contributed by atoms with Gasteiger partial charge in [0.05, 0.1) is 0 Å². The number of nitrogens with one attached hydrogen (secondary N) is 1. The Morgan fingerprint density at radius 1 is 1.53 bits per heavy atom. The lowest BCUT2D eigenvalue weighted by molar-refractivity contribution is -0.123. The molecule has 0 unspecified atom stereocenters. The van der Waals surface area contributed by atoms with Gasteiger partial charge >= 0.3 is 0 Å². The lowest BCUT2D eigenvalue weighted by Crippen LogP contribution is -2.40. The van der Waals surface area contributed by atoms with Gasteiger partial charge in [0, 0.05) is 12.6 Å². The SMILES string of the molecule is C[C@@H](CN)NC(=O)COc1ccccc1F.Cl. The average molecular weight is 263 g/mol. The van der Waals surface area contributed by atoms with Crippen molar-refractivity contribution in [2.45, 2.75) is 13.0 Å². The number of nitrogens with two attached hydrogens (primary N) is 1. The Kier molecular flexibility index (Phi) is 7.25. The van der Waals surface area contributed by atoms with Gasteiger partial charge in [-0.15, -0.1) is 12.4 Å². The molecule has 1 aromatic carbocycles. The lowest BCUT2D eigenvalue weighted by atomic mass is 10.3. The molecule has 0 saturated carbocycles. The van der Waals surface area contributed by atoms with E-state index in [1.54, 1.807) is 19.1 Å². The van der Waals surface area contributed by atoms with Crippen molar-refractivity contribution in [2.24, 2.45) is 5.73 Å². The standard InChI is InChI=1S/C11H15FN2O2.ClH/c1-8(6-13)14-11(15)7-16-10-5-3-2-4-9(10)12;/h2-5,8H,6-7,13H2,1H3,(H,14,15);1H/t8-;/m0./s1. The molecule has 1 atom stereocenters. The zero-order chi connectivity index (χ0) is 12.0. The van der Waals surface area contributed by atoms with Crippen molar-refractivity contribution >= 4 is 18.3 Å². The van der Waals surface area contributed by atoms with Gasteiger partial charge in [-0.1, -0.05) is 12.1 Å². The molecule has 0 aromatic heterocycles.